The van der Waals surface area contributed by atoms with E-state index < -0.39 is 33.6 Å². The normalized spacial score (nSPS) is 27.5. The average molecular weight is 523 g/mol. The van der Waals surface area contributed by atoms with Crippen molar-refractivity contribution in [2.45, 2.75) is 82.0 Å². The van der Waals surface area contributed by atoms with Crippen LogP contribution in [0.3, 0.4) is 0 Å². The summed E-state index contributed by atoms with van der Waals surface area (Å²) in [6.07, 6.45) is 2.63. The van der Waals surface area contributed by atoms with Crippen molar-refractivity contribution in [1.82, 2.24) is 15.0 Å². The van der Waals surface area contributed by atoms with E-state index in [-0.39, 0.29) is 53.2 Å². The number of H-pyrrole nitrogens is 1. The van der Waals surface area contributed by atoms with Crippen molar-refractivity contribution in [3.05, 3.63) is 47.0 Å². The van der Waals surface area contributed by atoms with Gasteiger partial charge in [-0.15, -0.1) is 0 Å². The average Bonchev–Trinajstić information content (AvgIpc) is 3.31. The molecule has 0 spiro atoms. The SMILES string of the molecule is [B]C1C(O)=C(c2nc(C3CC(C)(C)OC(C)(CO)C3)ccc2NC(=O)c2ncc(C#N)[nH]2)C([B])([B])CC1(C)C. The summed E-state index contributed by atoms with van der Waals surface area (Å²) < 4.78 is 6.16. The second-order valence-corrected chi connectivity index (χ2v) is 12.4. The van der Waals surface area contributed by atoms with Crippen LogP contribution in [0, 0.1) is 16.7 Å². The molecule has 1 aliphatic heterocycles. The largest absolute Gasteiger partial charge is 0.512 e. The molecule has 4 N–H and O–H groups in total. The summed E-state index contributed by atoms with van der Waals surface area (Å²) in [5.74, 6) is -1.78. The maximum atomic E-state index is 13.0. The van der Waals surface area contributed by atoms with Crippen LogP contribution in [0.5, 0.6) is 0 Å². The Morgan fingerprint density at radius 2 is 1.95 bits per heavy atom. The number of pyridine rings is 1. The molecule has 39 heavy (non-hydrogen) atoms. The van der Waals surface area contributed by atoms with Crippen LogP contribution in [0.1, 0.15) is 87.5 Å². The maximum absolute atomic E-state index is 13.0. The van der Waals surface area contributed by atoms with Gasteiger partial charge >= 0.3 is 0 Å². The summed E-state index contributed by atoms with van der Waals surface area (Å²) in [5.41, 5.74) is -0.543. The second-order valence-electron chi connectivity index (χ2n) is 12.4. The first-order valence-corrected chi connectivity index (χ1v) is 12.9. The smallest absolute Gasteiger partial charge is 0.291 e. The lowest BCUT2D eigenvalue weighted by Gasteiger charge is -2.48. The Kier molecular flexibility index (Phi) is 7.33. The van der Waals surface area contributed by atoms with Crippen molar-refractivity contribution in [3.63, 3.8) is 0 Å². The molecule has 12 heteroatoms. The molecule has 1 fully saturated rings. The molecule has 0 aromatic carbocycles. The zero-order valence-electron chi connectivity index (χ0n) is 23.0. The van der Waals surface area contributed by atoms with Crippen molar-refractivity contribution < 1.29 is 19.7 Å². The molecular weight excluding hydrogens is 491 g/mol. The summed E-state index contributed by atoms with van der Waals surface area (Å²) in [6.45, 7) is 9.36. The Bertz CT molecular complexity index is 1360. The molecule has 1 amide bonds. The molecule has 1 aliphatic carbocycles. The number of carbonyl (C=O) groups is 1. The molecule has 2 aromatic rings. The summed E-state index contributed by atoms with van der Waals surface area (Å²) in [5, 5.41) is 31.7. The number of amides is 1. The van der Waals surface area contributed by atoms with Gasteiger partial charge in [-0.25, -0.2) is 4.98 Å². The number of allylic oxidation sites excluding steroid dienone is 2. The lowest BCUT2D eigenvalue weighted by atomic mass is 9.40. The van der Waals surface area contributed by atoms with Crippen LogP contribution in [0.15, 0.2) is 24.1 Å². The van der Waals surface area contributed by atoms with Crippen LogP contribution in [-0.2, 0) is 4.74 Å². The molecule has 3 heterocycles. The van der Waals surface area contributed by atoms with E-state index in [4.69, 9.17) is 38.5 Å². The third kappa shape index (κ3) is 5.66. The van der Waals surface area contributed by atoms with Crippen LogP contribution in [-0.4, -0.2) is 72.4 Å². The molecule has 0 bridgehead atoms. The molecule has 2 aromatic heterocycles. The molecule has 3 unspecified atom stereocenters. The van der Waals surface area contributed by atoms with E-state index in [1.54, 1.807) is 12.1 Å². The van der Waals surface area contributed by atoms with Crippen molar-refractivity contribution in [3.8, 4) is 6.07 Å². The van der Waals surface area contributed by atoms with Gasteiger partial charge in [-0.2, -0.15) is 5.26 Å². The van der Waals surface area contributed by atoms with Gasteiger partial charge in [0.15, 0.2) is 5.82 Å². The van der Waals surface area contributed by atoms with E-state index in [1.165, 1.54) is 6.20 Å². The van der Waals surface area contributed by atoms with Gasteiger partial charge < -0.3 is 25.3 Å². The number of hydrogen-bond donors (Lipinski definition) is 4. The number of ether oxygens (including phenoxy) is 1. The lowest BCUT2D eigenvalue weighted by molar-refractivity contribution is -0.187. The van der Waals surface area contributed by atoms with Gasteiger partial charge in [0.05, 0.1) is 64.7 Å². The summed E-state index contributed by atoms with van der Waals surface area (Å²) in [6, 6.07) is 5.35. The topological polar surface area (TPSA) is 144 Å². The number of imidazole rings is 1. The molecule has 3 atom stereocenters. The third-order valence-electron chi connectivity index (χ3n) is 7.61. The van der Waals surface area contributed by atoms with Gasteiger partial charge in [-0.3, -0.25) is 9.78 Å². The first kappa shape index (κ1) is 29.0. The minimum atomic E-state index is -1.51. The van der Waals surface area contributed by atoms with Gasteiger partial charge in [0, 0.05) is 17.2 Å². The highest BCUT2D eigenvalue weighted by atomic mass is 16.5. The number of aromatic amines is 1. The highest BCUT2D eigenvalue weighted by Gasteiger charge is 2.46. The standard InChI is InChI=1S/C27H32B3N5O4/c1-24(2)12-27(29,30)18(20(37)21(24)28)19-17(35-23(38)22-32-11-15(10-31)33-22)7-6-16(34-19)14-8-25(3,4)39-26(5,9-14)13-36/h6-7,11,14,21,36-37H,8-9,12-13H2,1-5H3,(H,32,33)(H,35,38). The number of aromatic nitrogens is 3. The molecule has 1 saturated heterocycles. The maximum Gasteiger partial charge on any atom is 0.291 e. The number of nitrogens with zero attached hydrogens (tertiary/aromatic N) is 3. The van der Waals surface area contributed by atoms with Crippen molar-refractivity contribution in [1.29, 1.82) is 5.26 Å². The Balaban J connectivity index is 1.85. The molecule has 0 saturated carbocycles. The van der Waals surface area contributed by atoms with E-state index in [9.17, 15) is 15.0 Å². The van der Waals surface area contributed by atoms with Crippen LogP contribution in [0.2, 0.25) is 11.0 Å². The van der Waals surface area contributed by atoms with Crippen LogP contribution < -0.4 is 5.32 Å². The summed E-state index contributed by atoms with van der Waals surface area (Å²) in [7, 11) is 19.6. The van der Waals surface area contributed by atoms with Crippen LogP contribution in [0.25, 0.3) is 5.57 Å². The zero-order chi connectivity index (χ0) is 29.0. The first-order valence-electron chi connectivity index (χ1n) is 12.9. The first-order chi connectivity index (χ1) is 18.0. The Hall–Kier alpha value is -3.03. The van der Waals surface area contributed by atoms with Crippen LogP contribution >= 0.6 is 0 Å². The number of nitrogens with one attached hydrogen (secondary N) is 2. The Labute approximate surface area is 233 Å². The Morgan fingerprint density at radius 1 is 1.26 bits per heavy atom. The number of rotatable bonds is 5. The minimum absolute atomic E-state index is 0.0714. The summed E-state index contributed by atoms with van der Waals surface area (Å²) >= 11 is 0. The quantitative estimate of drug-likeness (QED) is 0.440. The fraction of sp³-hybridized carbons (Fsp3) is 0.556. The number of carbonyl (C=O) groups excluding carboxylic acids is 1. The van der Waals surface area contributed by atoms with Crippen molar-refractivity contribution in [2.24, 2.45) is 5.41 Å². The zero-order valence-corrected chi connectivity index (χ0v) is 23.0. The van der Waals surface area contributed by atoms with E-state index >= 15 is 0 Å². The number of hydrogen-bond acceptors (Lipinski definition) is 7. The molecule has 2 aliphatic rings. The number of aliphatic hydroxyl groups excluding tert-OH is 2. The van der Waals surface area contributed by atoms with Gasteiger partial charge in [0.2, 0.25) is 0 Å². The van der Waals surface area contributed by atoms with Gasteiger partial charge in [-0.1, -0.05) is 25.5 Å². The second kappa shape index (κ2) is 9.86. The minimum Gasteiger partial charge on any atom is -0.512 e. The van der Waals surface area contributed by atoms with Crippen molar-refractivity contribution in [2.75, 3.05) is 11.9 Å². The number of aliphatic hydroxyl groups is 2. The van der Waals surface area contributed by atoms with Gasteiger partial charge in [0.25, 0.3) is 5.91 Å². The van der Waals surface area contributed by atoms with E-state index in [0.717, 1.165) is 0 Å². The third-order valence-corrected chi connectivity index (χ3v) is 7.61. The predicted octanol–water partition coefficient (Wildman–Crippen LogP) is 3.46. The lowest BCUT2D eigenvalue weighted by Crippen LogP contribution is -2.48. The van der Waals surface area contributed by atoms with E-state index in [2.05, 4.69) is 15.3 Å². The van der Waals surface area contributed by atoms with E-state index in [0.29, 0.717) is 18.5 Å². The fourth-order valence-corrected chi connectivity index (χ4v) is 5.97. The highest BCUT2D eigenvalue weighted by molar-refractivity contribution is 6.47. The highest BCUT2D eigenvalue weighted by Crippen LogP contribution is 2.58. The van der Waals surface area contributed by atoms with Crippen LogP contribution in [0.4, 0.5) is 5.69 Å². The van der Waals surface area contributed by atoms with Crippen molar-refractivity contribution >= 4 is 40.7 Å². The summed E-state index contributed by atoms with van der Waals surface area (Å²) in [4.78, 5) is 24.5. The van der Waals surface area contributed by atoms with E-state index in [1.807, 2.05) is 40.7 Å². The molecule has 9 nitrogen and oxygen atoms in total. The van der Waals surface area contributed by atoms with Gasteiger partial charge in [0.1, 0.15) is 11.8 Å². The fourth-order valence-electron chi connectivity index (χ4n) is 5.97. The number of anilines is 1. The molecule has 6 radical (unpaired) electrons. The number of nitriles is 1. The molecular formula is C27H32B3N5O4. The van der Waals surface area contributed by atoms with Gasteiger partial charge in [-0.05, 0) is 57.0 Å². The molecule has 198 valence electrons. The monoisotopic (exact) mass is 523 g/mol. The predicted molar refractivity (Wildman–Crippen MR) is 150 cm³/mol. The molecule has 4 rings (SSSR count). The Morgan fingerprint density at radius 3 is 2.56 bits per heavy atom.